The third kappa shape index (κ3) is 3.35. The fraction of sp³-hybridized carbons (Fsp3) is 0.923. The maximum atomic E-state index is 12.1. The van der Waals surface area contributed by atoms with Crippen molar-refractivity contribution in [2.24, 2.45) is 5.92 Å². The van der Waals surface area contributed by atoms with Crippen LogP contribution < -0.4 is 5.32 Å². The van der Waals surface area contributed by atoms with Crippen molar-refractivity contribution in [3.63, 3.8) is 0 Å². The normalized spacial score (nSPS) is 33.4. The lowest BCUT2D eigenvalue weighted by Crippen LogP contribution is -2.48. The second-order valence-electron chi connectivity index (χ2n) is 5.55. The summed E-state index contributed by atoms with van der Waals surface area (Å²) in [7, 11) is 1.92. The molecule has 3 unspecified atom stereocenters. The van der Waals surface area contributed by atoms with E-state index in [2.05, 4.69) is 12.2 Å². The van der Waals surface area contributed by atoms with Crippen LogP contribution in [-0.2, 0) is 4.74 Å². The standard InChI is InChI=1S/C13H24N2O2/c1-10-4-3-5-12(8-10)15(2)13(16)14-11-6-7-17-9-11/h10-12H,3-9H2,1-2H3,(H,14,16). The summed E-state index contributed by atoms with van der Waals surface area (Å²) in [5, 5.41) is 3.05. The summed E-state index contributed by atoms with van der Waals surface area (Å²) in [5.74, 6) is 0.749. The highest BCUT2D eigenvalue weighted by Gasteiger charge is 2.27. The second-order valence-corrected chi connectivity index (χ2v) is 5.55. The summed E-state index contributed by atoms with van der Waals surface area (Å²) in [4.78, 5) is 14.0. The van der Waals surface area contributed by atoms with Crippen LogP contribution in [0.4, 0.5) is 4.79 Å². The number of urea groups is 1. The van der Waals surface area contributed by atoms with Gasteiger partial charge < -0.3 is 15.0 Å². The lowest BCUT2D eigenvalue weighted by atomic mass is 9.86. The van der Waals surface area contributed by atoms with Gasteiger partial charge in [0.05, 0.1) is 12.6 Å². The van der Waals surface area contributed by atoms with E-state index in [4.69, 9.17) is 4.74 Å². The van der Waals surface area contributed by atoms with E-state index >= 15 is 0 Å². The zero-order chi connectivity index (χ0) is 12.3. The Labute approximate surface area is 104 Å². The van der Waals surface area contributed by atoms with Gasteiger partial charge in [0.25, 0.3) is 0 Å². The first-order chi connectivity index (χ1) is 8.16. The molecule has 2 aliphatic rings. The first kappa shape index (κ1) is 12.7. The zero-order valence-electron chi connectivity index (χ0n) is 10.9. The lowest BCUT2D eigenvalue weighted by molar-refractivity contribution is 0.153. The largest absolute Gasteiger partial charge is 0.379 e. The van der Waals surface area contributed by atoms with Crippen LogP contribution in [0.3, 0.4) is 0 Å². The number of carbonyl (C=O) groups is 1. The lowest BCUT2D eigenvalue weighted by Gasteiger charge is -2.34. The average Bonchev–Trinajstić information content (AvgIpc) is 2.80. The Balaban J connectivity index is 1.80. The van der Waals surface area contributed by atoms with Gasteiger partial charge in [0.2, 0.25) is 0 Å². The highest BCUT2D eigenvalue weighted by Crippen LogP contribution is 2.26. The fourth-order valence-electron chi connectivity index (χ4n) is 2.84. The van der Waals surface area contributed by atoms with Crippen molar-refractivity contribution in [1.82, 2.24) is 10.2 Å². The topological polar surface area (TPSA) is 41.6 Å². The second kappa shape index (κ2) is 5.71. The summed E-state index contributed by atoms with van der Waals surface area (Å²) in [6.45, 7) is 3.72. The van der Waals surface area contributed by atoms with E-state index in [1.807, 2.05) is 11.9 Å². The molecule has 1 saturated carbocycles. The Morgan fingerprint density at radius 2 is 2.18 bits per heavy atom. The highest BCUT2D eigenvalue weighted by atomic mass is 16.5. The van der Waals surface area contributed by atoms with Crippen LogP contribution >= 0.6 is 0 Å². The molecule has 2 rings (SSSR count). The number of rotatable bonds is 2. The molecule has 4 nitrogen and oxygen atoms in total. The van der Waals surface area contributed by atoms with Crippen LogP contribution in [0.15, 0.2) is 0 Å². The van der Waals surface area contributed by atoms with E-state index in [1.54, 1.807) is 0 Å². The maximum Gasteiger partial charge on any atom is 0.317 e. The number of hydrogen-bond acceptors (Lipinski definition) is 2. The molecule has 0 aromatic heterocycles. The van der Waals surface area contributed by atoms with Crippen molar-refractivity contribution in [3.05, 3.63) is 0 Å². The van der Waals surface area contributed by atoms with Gasteiger partial charge >= 0.3 is 6.03 Å². The van der Waals surface area contributed by atoms with Gasteiger partial charge in [-0.15, -0.1) is 0 Å². The van der Waals surface area contributed by atoms with E-state index in [0.29, 0.717) is 12.6 Å². The minimum atomic E-state index is 0.0691. The molecule has 0 spiro atoms. The summed E-state index contributed by atoms with van der Waals surface area (Å²) in [5.41, 5.74) is 0. The molecule has 2 fully saturated rings. The molecule has 1 aliphatic carbocycles. The number of amides is 2. The van der Waals surface area contributed by atoms with Crippen LogP contribution in [0.1, 0.15) is 39.0 Å². The smallest absolute Gasteiger partial charge is 0.317 e. The van der Waals surface area contributed by atoms with Gasteiger partial charge in [-0.2, -0.15) is 0 Å². The molecule has 0 radical (unpaired) electrons. The van der Waals surface area contributed by atoms with Gasteiger partial charge in [-0.25, -0.2) is 4.79 Å². The Hall–Kier alpha value is -0.770. The molecule has 0 aromatic rings. The van der Waals surface area contributed by atoms with E-state index < -0.39 is 0 Å². The molecular weight excluding hydrogens is 216 g/mol. The summed E-state index contributed by atoms with van der Waals surface area (Å²) < 4.78 is 5.27. The summed E-state index contributed by atoms with van der Waals surface area (Å²) >= 11 is 0. The predicted molar refractivity (Wildman–Crippen MR) is 66.9 cm³/mol. The molecule has 1 saturated heterocycles. The van der Waals surface area contributed by atoms with Crippen molar-refractivity contribution in [2.75, 3.05) is 20.3 Å². The van der Waals surface area contributed by atoms with E-state index in [1.165, 1.54) is 12.8 Å². The van der Waals surface area contributed by atoms with Gasteiger partial charge in [0.15, 0.2) is 0 Å². The molecule has 1 N–H and O–H groups in total. The molecule has 4 heteroatoms. The van der Waals surface area contributed by atoms with Gasteiger partial charge in [-0.3, -0.25) is 0 Å². The third-order valence-corrected chi connectivity index (χ3v) is 4.03. The van der Waals surface area contributed by atoms with Crippen molar-refractivity contribution in [3.8, 4) is 0 Å². The predicted octanol–water partition coefficient (Wildman–Crippen LogP) is 2.00. The van der Waals surface area contributed by atoms with E-state index in [9.17, 15) is 4.79 Å². The number of hydrogen-bond donors (Lipinski definition) is 1. The third-order valence-electron chi connectivity index (χ3n) is 4.03. The number of carbonyl (C=O) groups excluding carboxylic acids is 1. The molecular formula is C13H24N2O2. The molecule has 17 heavy (non-hydrogen) atoms. The molecule has 98 valence electrons. The molecule has 3 atom stereocenters. The Bertz CT molecular complexity index is 264. The Morgan fingerprint density at radius 1 is 1.35 bits per heavy atom. The number of ether oxygens (including phenoxy) is 1. The fourth-order valence-corrected chi connectivity index (χ4v) is 2.84. The molecule has 0 bridgehead atoms. The minimum absolute atomic E-state index is 0.0691. The van der Waals surface area contributed by atoms with E-state index in [0.717, 1.165) is 31.8 Å². The van der Waals surface area contributed by atoms with Crippen molar-refractivity contribution in [2.45, 2.75) is 51.1 Å². The van der Waals surface area contributed by atoms with Crippen LogP contribution in [0.25, 0.3) is 0 Å². The van der Waals surface area contributed by atoms with E-state index in [-0.39, 0.29) is 12.1 Å². The Kier molecular flexibility index (Phi) is 4.26. The van der Waals surface area contributed by atoms with Gasteiger partial charge in [-0.05, 0) is 25.2 Å². The molecule has 1 aliphatic heterocycles. The van der Waals surface area contributed by atoms with Crippen LogP contribution in [0, 0.1) is 5.92 Å². The maximum absolute atomic E-state index is 12.1. The summed E-state index contributed by atoms with van der Waals surface area (Å²) in [6.07, 6.45) is 5.79. The quantitative estimate of drug-likeness (QED) is 0.802. The van der Waals surface area contributed by atoms with Crippen molar-refractivity contribution < 1.29 is 9.53 Å². The van der Waals surface area contributed by atoms with Crippen molar-refractivity contribution >= 4 is 6.03 Å². The number of nitrogens with zero attached hydrogens (tertiary/aromatic N) is 1. The first-order valence-corrected chi connectivity index (χ1v) is 6.78. The molecule has 1 heterocycles. The SMILES string of the molecule is CC1CCCC(N(C)C(=O)NC2CCOC2)C1. The van der Waals surface area contributed by atoms with Crippen molar-refractivity contribution in [1.29, 1.82) is 0 Å². The van der Waals surface area contributed by atoms with Gasteiger partial charge in [0, 0.05) is 19.7 Å². The van der Waals surface area contributed by atoms with Crippen LogP contribution in [-0.4, -0.2) is 43.3 Å². The molecule has 2 amide bonds. The zero-order valence-corrected chi connectivity index (χ0v) is 10.9. The highest BCUT2D eigenvalue weighted by molar-refractivity contribution is 5.74. The molecule has 0 aromatic carbocycles. The first-order valence-electron chi connectivity index (χ1n) is 6.78. The Morgan fingerprint density at radius 3 is 2.82 bits per heavy atom. The average molecular weight is 240 g/mol. The minimum Gasteiger partial charge on any atom is -0.379 e. The van der Waals surface area contributed by atoms with Gasteiger partial charge in [0.1, 0.15) is 0 Å². The van der Waals surface area contributed by atoms with Gasteiger partial charge in [-0.1, -0.05) is 19.8 Å². The van der Waals surface area contributed by atoms with Crippen LogP contribution in [0.2, 0.25) is 0 Å². The monoisotopic (exact) mass is 240 g/mol. The summed E-state index contributed by atoms with van der Waals surface area (Å²) in [6, 6.07) is 0.701. The van der Waals surface area contributed by atoms with Crippen LogP contribution in [0.5, 0.6) is 0 Å². The number of nitrogens with one attached hydrogen (secondary N) is 1.